The lowest BCUT2D eigenvalue weighted by Crippen LogP contribution is -2.45. The molecule has 0 aliphatic heterocycles. The van der Waals surface area contributed by atoms with E-state index in [1.54, 1.807) is 0 Å². The Balaban J connectivity index is 2.03. The zero-order valence-corrected chi connectivity index (χ0v) is 14.5. The minimum Gasteiger partial charge on any atom is -0.490 e. The van der Waals surface area contributed by atoms with Gasteiger partial charge >= 0.3 is 0 Å². The van der Waals surface area contributed by atoms with E-state index >= 15 is 0 Å². The smallest absolute Gasteiger partial charge is 0.259 e. The lowest BCUT2D eigenvalue weighted by molar-refractivity contribution is -0.135. The van der Waals surface area contributed by atoms with Gasteiger partial charge in [-0.15, -0.1) is 0 Å². The number of carbonyl (C=O) groups excluding carboxylic acids is 1. The van der Waals surface area contributed by atoms with Gasteiger partial charge in [0.2, 0.25) is 5.69 Å². The van der Waals surface area contributed by atoms with Crippen LogP contribution >= 0.6 is 23.2 Å². The normalized spacial score (nSPS) is 12.8. The van der Waals surface area contributed by atoms with Crippen LogP contribution in [0.15, 0.2) is 36.4 Å². The van der Waals surface area contributed by atoms with E-state index in [1.165, 1.54) is 37.3 Å². The van der Waals surface area contributed by atoms with E-state index in [9.17, 15) is 14.3 Å². The van der Waals surface area contributed by atoms with Gasteiger partial charge in [0.05, 0.1) is 11.6 Å². The average molecular weight is 383 g/mol. The third-order valence-electron chi connectivity index (χ3n) is 3.23. The van der Waals surface area contributed by atoms with Crippen LogP contribution < -0.4 is 10.1 Å². The minimum absolute atomic E-state index is 0.0587. The fourth-order valence-electron chi connectivity index (χ4n) is 1.80. The Labute approximate surface area is 153 Å². The molecule has 0 aliphatic carbocycles. The summed E-state index contributed by atoms with van der Waals surface area (Å²) in [5.41, 5.74) is -1.32. The molecular weight excluding hydrogens is 370 g/mol. The van der Waals surface area contributed by atoms with Crippen molar-refractivity contribution in [3.63, 3.8) is 0 Å². The van der Waals surface area contributed by atoms with Crippen molar-refractivity contribution >= 4 is 40.5 Å². The first-order valence-electron chi connectivity index (χ1n) is 7.01. The minimum atomic E-state index is -1.89. The van der Waals surface area contributed by atoms with Crippen molar-refractivity contribution < 1.29 is 19.0 Å². The van der Waals surface area contributed by atoms with Gasteiger partial charge < -0.3 is 15.2 Å². The lowest BCUT2D eigenvalue weighted by atomic mass is 10.1. The molecule has 0 unspecified atom stereocenters. The van der Waals surface area contributed by atoms with Crippen LogP contribution in [0.5, 0.6) is 5.75 Å². The second kappa shape index (κ2) is 7.70. The molecule has 0 radical (unpaired) electrons. The molecule has 0 fully saturated rings. The molecule has 1 amide bonds. The van der Waals surface area contributed by atoms with E-state index in [4.69, 9.17) is 34.5 Å². The number of ether oxygens (including phenoxy) is 1. The maximum Gasteiger partial charge on any atom is 0.259 e. The van der Waals surface area contributed by atoms with Crippen molar-refractivity contribution in [2.24, 2.45) is 0 Å². The van der Waals surface area contributed by atoms with Crippen LogP contribution in [0, 0.1) is 12.4 Å². The van der Waals surface area contributed by atoms with Crippen LogP contribution in [-0.4, -0.2) is 23.2 Å². The van der Waals surface area contributed by atoms with Crippen molar-refractivity contribution in [3.8, 4) is 5.75 Å². The molecule has 0 bridgehead atoms. The Morgan fingerprint density at radius 3 is 2.64 bits per heavy atom. The highest BCUT2D eigenvalue weighted by Crippen LogP contribution is 2.28. The van der Waals surface area contributed by atoms with E-state index in [0.29, 0.717) is 5.69 Å². The third-order valence-corrected chi connectivity index (χ3v) is 3.84. The topological polar surface area (TPSA) is 62.9 Å². The molecule has 0 saturated carbocycles. The van der Waals surface area contributed by atoms with Gasteiger partial charge in [-0.2, -0.15) is 0 Å². The second-order valence-corrected chi connectivity index (χ2v) is 6.18. The Kier molecular flexibility index (Phi) is 5.85. The highest BCUT2D eigenvalue weighted by molar-refractivity contribution is 6.33. The molecular formula is C17H13Cl2FN2O3. The summed E-state index contributed by atoms with van der Waals surface area (Å²) in [6.07, 6.45) is 0. The first-order chi connectivity index (χ1) is 11.7. The van der Waals surface area contributed by atoms with E-state index in [0.717, 1.165) is 6.07 Å². The predicted octanol–water partition coefficient (Wildman–Crippen LogP) is 4.45. The Hall–Kier alpha value is -2.33. The number of hydrogen-bond donors (Lipinski definition) is 2. The number of anilines is 1. The first-order valence-corrected chi connectivity index (χ1v) is 7.77. The number of aliphatic hydroxyl groups is 1. The maximum absolute atomic E-state index is 13.4. The average Bonchev–Trinajstić information content (AvgIpc) is 2.56. The number of carbonyl (C=O) groups is 1. The molecule has 0 saturated heterocycles. The van der Waals surface area contributed by atoms with Crippen molar-refractivity contribution in [1.82, 2.24) is 0 Å². The van der Waals surface area contributed by atoms with Crippen LogP contribution in [0.3, 0.4) is 0 Å². The molecule has 2 aromatic carbocycles. The van der Waals surface area contributed by atoms with Gasteiger partial charge in [0, 0.05) is 16.8 Å². The van der Waals surface area contributed by atoms with Gasteiger partial charge in [-0.25, -0.2) is 9.24 Å². The van der Waals surface area contributed by atoms with Crippen molar-refractivity contribution in [2.45, 2.75) is 12.5 Å². The number of hydrogen-bond acceptors (Lipinski definition) is 3. The molecule has 8 heteroatoms. The molecule has 2 N–H and O–H groups in total. The monoisotopic (exact) mass is 382 g/mol. The summed E-state index contributed by atoms with van der Waals surface area (Å²) in [6, 6.07) is 8.12. The summed E-state index contributed by atoms with van der Waals surface area (Å²) in [5, 5.41) is 12.9. The summed E-state index contributed by atoms with van der Waals surface area (Å²) in [5.74, 6) is -1.29. The van der Waals surface area contributed by atoms with E-state index < -0.39 is 23.9 Å². The number of halogens is 3. The second-order valence-electron chi connectivity index (χ2n) is 5.37. The molecule has 2 rings (SSSR count). The molecule has 0 heterocycles. The van der Waals surface area contributed by atoms with E-state index in [2.05, 4.69) is 10.2 Å². The zero-order chi connectivity index (χ0) is 18.6. The Bertz CT molecular complexity index is 850. The lowest BCUT2D eigenvalue weighted by Gasteiger charge is -2.22. The summed E-state index contributed by atoms with van der Waals surface area (Å²) >= 11 is 11.5. The number of nitrogens with one attached hydrogen (secondary N) is 1. The van der Waals surface area contributed by atoms with Crippen molar-refractivity contribution in [1.29, 1.82) is 0 Å². The number of nitrogens with zero attached hydrogens (tertiary/aromatic N) is 1. The summed E-state index contributed by atoms with van der Waals surface area (Å²) in [6.45, 7) is 7.77. The fourth-order valence-corrected chi connectivity index (χ4v) is 2.14. The van der Waals surface area contributed by atoms with Gasteiger partial charge in [-0.3, -0.25) is 4.79 Å². The predicted molar refractivity (Wildman–Crippen MR) is 93.9 cm³/mol. The Morgan fingerprint density at radius 2 is 2.04 bits per heavy atom. The van der Waals surface area contributed by atoms with Gasteiger partial charge in [-0.05, 0) is 31.2 Å². The van der Waals surface area contributed by atoms with Gasteiger partial charge in [0.1, 0.15) is 18.2 Å². The molecule has 2 aromatic rings. The number of benzene rings is 2. The summed E-state index contributed by atoms with van der Waals surface area (Å²) < 4.78 is 18.6. The van der Waals surface area contributed by atoms with Crippen molar-refractivity contribution in [2.75, 3.05) is 11.9 Å². The molecule has 130 valence electrons. The fraction of sp³-hybridized carbons (Fsp3) is 0.176. The largest absolute Gasteiger partial charge is 0.490 e. The molecule has 5 nitrogen and oxygen atoms in total. The highest BCUT2D eigenvalue weighted by atomic mass is 35.5. The highest BCUT2D eigenvalue weighted by Gasteiger charge is 2.31. The molecule has 1 atom stereocenters. The standard InChI is InChI=1S/C17H13Cl2FN2O3/c1-17(24,9-25-11-4-5-12(18)14(20)8-11)16(23)22-10-3-6-15(21-2)13(19)7-10/h3-8,24H,9H2,1H3,(H,22,23)/t17-/m0/s1. The van der Waals surface area contributed by atoms with Crippen LogP contribution in [0.1, 0.15) is 6.92 Å². The van der Waals surface area contributed by atoms with Crippen LogP contribution in [0.4, 0.5) is 15.8 Å². The summed E-state index contributed by atoms with van der Waals surface area (Å²) in [4.78, 5) is 15.4. The van der Waals surface area contributed by atoms with E-state index in [1.807, 2.05) is 0 Å². The molecule has 0 aromatic heterocycles. The third kappa shape index (κ3) is 4.83. The quantitative estimate of drug-likeness (QED) is 0.750. The van der Waals surface area contributed by atoms with E-state index in [-0.39, 0.29) is 21.5 Å². The first kappa shape index (κ1) is 19.0. The SMILES string of the molecule is [C-]#[N+]c1ccc(NC(=O)[C@@](C)(O)COc2ccc(Cl)c(F)c2)cc1Cl. The molecule has 0 aliphatic rings. The van der Waals surface area contributed by atoms with Crippen LogP contribution in [0.25, 0.3) is 4.85 Å². The number of amides is 1. The zero-order valence-electron chi connectivity index (χ0n) is 13.0. The molecule has 0 spiro atoms. The number of rotatable bonds is 5. The van der Waals surface area contributed by atoms with Gasteiger partial charge in [-0.1, -0.05) is 29.3 Å². The Morgan fingerprint density at radius 1 is 1.32 bits per heavy atom. The van der Waals surface area contributed by atoms with Crippen LogP contribution in [0.2, 0.25) is 10.0 Å². The van der Waals surface area contributed by atoms with Crippen molar-refractivity contribution in [3.05, 3.63) is 63.7 Å². The molecule has 25 heavy (non-hydrogen) atoms. The van der Waals surface area contributed by atoms with Crippen LogP contribution in [-0.2, 0) is 4.79 Å². The maximum atomic E-state index is 13.4. The van der Waals surface area contributed by atoms with Gasteiger partial charge in [0.15, 0.2) is 5.60 Å². The summed E-state index contributed by atoms with van der Waals surface area (Å²) in [7, 11) is 0. The van der Waals surface area contributed by atoms with Gasteiger partial charge in [0.25, 0.3) is 5.91 Å².